The Bertz CT molecular complexity index is 525. The SMILES string of the molecule is Cc1sccc1C(O)c1ccccc1OC(F)F. The lowest BCUT2D eigenvalue weighted by molar-refractivity contribution is -0.0512. The molecule has 1 aromatic heterocycles. The van der Waals surface area contributed by atoms with Gasteiger partial charge in [0.05, 0.1) is 0 Å². The van der Waals surface area contributed by atoms with Crippen LogP contribution in [-0.4, -0.2) is 11.7 Å². The third-order valence-electron chi connectivity index (χ3n) is 2.62. The fraction of sp³-hybridized carbons (Fsp3) is 0.231. The molecule has 2 nitrogen and oxygen atoms in total. The zero-order valence-electron chi connectivity index (χ0n) is 9.64. The van der Waals surface area contributed by atoms with Gasteiger partial charge in [-0.3, -0.25) is 0 Å². The molecule has 1 N–H and O–H groups in total. The molecule has 0 radical (unpaired) electrons. The highest BCUT2D eigenvalue weighted by Gasteiger charge is 2.19. The van der Waals surface area contributed by atoms with E-state index in [0.717, 1.165) is 4.88 Å². The fourth-order valence-electron chi connectivity index (χ4n) is 1.76. The Labute approximate surface area is 107 Å². The Balaban J connectivity index is 2.36. The van der Waals surface area contributed by atoms with Crippen LogP contribution in [0.3, 0.4) is 0 Å². The van der Waals surface area contributed by atoms with E-state index >= 15 is 0 Å². The van der Waals surface area contributed by atoms with Gasteiger partial charge in [0, 0.05) is 10.4 Å². The highest BCUT2D eigenvalue weighted by Crippen LogP contribution is 2.33. The molecular weight excluding hydrogens is 258 g/mol. The summed E-state index contributed by atoms with van der Waals surface area (Å²) in [6.07, 6.45) is -0.953. The van der Waals surface area contributed by atoms with Crippen molar-refractivity contribution in [2.24, 2.45) is 0 Å². The molecule has 1 heterocycles. The summed E-state index contributed by atoms with van der Waals surface area (Å²) in [5.74, 6) is 0.00519. The van der Waals surface area contributed by atoms with Gasteiger partial charge in [-0.25, -0.2) is 0 Å². The zero-order chi connectivity index (χ0) is 13.1. The number of hydrogen-bond acceptors (Lipinski definition) is 3. The van der Waals surface area contributed by atoms with Gasteiger partial charge in [0.15, 0.2) is 0 Å². The Morgan fingerprint density at radius 3 is 2.50 bits per heavy atom. The summed E-state index contributed by atoms with van der Waals surface area (Å²) >= 11 is 1.50. The minimum atomic E-state index is -2.90. The van der Waals surface area contributed by atoms with Crippen LogP contribution in [0, 0.1) is 6.92 Å². The lowest BCUT2D eigenvalue weighted by atomic mass is 10.0. The lowest BCUT2D eigenvalue weighted by Crippen LogP contribution is -2.07. The molecule has 1 atom stereocenters. The molecule has 0 aliphatic carbocycles. The van der Waals surface area contributed by atoms with Crippen molar-refractivity contribution in [1.82, 2.24) is 0 Å². The molecule has 0 saturated carbocycles. The summed E-state index contributed by atoms with van der Waals surface area (Å²) in [6, 6.07) is 8.06. The smallest absolute Gasteiger partial charge is 0.387 e. The monoisotopic (exact) mass is 270 g/mol. The number of rotatable bonds is 4. The molecule has 1 aromatic carbocycles. The van der Waals surface area contributed by atoms with Crippen molar-refractivity contribution in [1.29, 1.82) is 0 Å². The molecule has 0 aliphatic heterocycles. The van der Waals surface area contributed by atoms with E-state index in [-0.39, 0.29) is 5.75 Å². The van der Waals surface area contributed by atoms with Gasteiger partial charge in [-0.2, -0.15) is 8.78 Å². The molecule has 1 unspecified atom stereocenters. The van der Waals surface area contributed by atoms with Gasteiger partial charge in [-0.05, 0) is 30.0 Å². The summed E-state index contributed by atoms with van der Waals surface area (Å²) in [5.41, 5.74) is 1.06. The van der Waals surface area contributed by atoms with E-state index in [1.54, 1.807) is 24.3 Å². The number of aryl methyl sites for hydroxylation is 1. The fourth-order valence-corrected chi connectivity index (χ4v) is 2.49. The largest absolute Gasteiger partial charge is 0.434 e. The number of benzene rings is 1. The van der Waals surface area contributed by atoms with Crippen LogP contribution in [-0.2, 0) is 0 Å². The lowest BCUT2D eigenvalue weighted by Gasteiger charge is -2.15. The van der Waals surface area contributed by atoms with E-state index in [2.05, 4.69) is 4.74 Å². The van der Waals surface area contributed by atoms with E-state index in [0.29, 0.717) is 11.1 Å². The van der Waals surface area contributed by atoms with Gasteiger partial charge in [-0.1, -0.05) is 18.2 Å². The summed E-state index contributed by atoms with van der Waals surface area (Å²) in [4.78, 5) is 0.953. The summed E-state index contributed by atoms with van der Waals surface area (Å²) in [5, 5.41) is 12.1. The quantitative estimate of drug-likeness (QED) is 0.917. The summed E-state index contributed by atoms with van der Waals surface area (Å²) in [6.45, 7) is -1.03. The third kappa shape index (κ3) is 2.68. The van der Waals surface area contributed by atoms with Crippen LogP contribution in [0.2, 0.25) is 0 Å². The van der Waals surface area contributed by atoms with Crippen LogP contribution in [0.15, 0.2) is 35.7 Å². The maximum absolute atomic E-state index is 12.3. The van der Waals surface area contributed by atoms with E-state index in [1.807, 2.05) is 12.3 Å². The maximum Gasteiger partial charge on any atom is 0.387 e. The van der Waals surface area contributed by atoms with Crippen molar-refractivity contribution in [3.05, 3.63) is 51.7 Å². The first-order chi connectivity index (χ1) is 8.59. The molecule has 5 heteroatoms. The highest BCUT2D eigenvalue weighted by atomic mass is 32.1. The Morgan fingerprint density at radius 2 is 1.89 bits per heavy atom. The van der Waals surface area contributed by atoms with Crippen molar-refractivity contribution in [2.45, 2.75) is 19.6 Å². The molecule has 0 amide bonds. The molecule has 2 rings (SSSR count). The average Bonchev–Trinajstić information content (AvgIpc) is 2.74. The van der Waals surface area contributed by atoms with Gasteiger partial charge in [-0.15, -0.1) is 11.3 Å². The maximum atomic E-state index is 12.3. The number of thiophene rings is 1. The molecule has 18 heavy (non-hydrogen) atoms. The molecule has 0 fully saturated rings. The van der Waals surface area contributed by atoms with Crippen molar-refractivity contribution >= 4 is 11.3 Å². The van der Waals surface area contributed by atoms with Gasteiger partial charge in [0.1, 0.15) is 11.9 Å². The van der Waals surface area contributed by atoms with Gasteiger partial charge in [0.25, 0.3) is 0 Å². The Kier molecular flexibility index (Phi) is 3.93. The van der Waals surface area contributed by atoms with E-state index < -0.39 is 12.7 Å². The van der Waals surface area contributed by atoms with Crippen molar-refractivity contribution in [3.63, 3.8) is 0 Å². The normalized spacial score (nSPS) is 12.7. The first kappa shape index (κ1) is 13.0. The molecule has 0 bridgehead atoms. The van der Waals surface area contributed by atoms with Gasteiger partial charge >= 0.3 is 6.61 Å². The van der Waals surface area contributed by atoms with Crippen molar-refractivity contribution in [2.75, 3.05) is 0 Å². The Hall–Kier alpha value is -1.46. The predicted molar refractivity (Wildman–Crippen MR) is 66.2 cm³/mol. The third-order valence-corrected chi connectivity index (χ3v) is 3.48. The van der Waals surface area contributed by atoms with E-state index in [1.165, 1.54) is 17.4 Å². The van der Waals surface area contributed by atoms with Crippen LogP contribution in [0.1, 0.15) is 22.1 Å². The second-order valence-electron chi connectivity index (χ2n) is 3.75. The van der Waals surface area contributed by atoms with Crippen molar-refractivity contribution in [3.8, 4) is 5.75 Å². The summed E-state index contributed by atoms with van der Waals surface area (Å²) in [7, 11) is 0. The standard InChI is InChI=1S/C13H12F2O2S/c1-8-9(6-7-18-8)12(16)10-4-2-3-5-11(10)17-13(14)15/h2-7,12-13,16H,1H3. The van der Waals surface area contributed by atoms with Gasteiger partial charge < -0.3 is 9.84 Å². The van der Waals surface area contributed by atoms with Crippen molar-refractivity contribution < 1.29 is 18.6 Å². The molecule has 0 spiro atoms. The van der Waals surface area contributed by atoms with E-state index in [9.17, 15) is 13.9 Å². The van der Waals surface area contributed by atoms with Crippen LogP contribution < -0.4 is 4.74 Å². The first-order valence-electron chi connectivity index (χ1n) is 5.35. The second kappa shape index (κ2) is 5.46. The summed E-state index contributed by atoms with van der Waals surface area (Å²) < 4.78 is 29.0. The molecule has 2 aromatic rings. The van der Waals surface area contributed by atoms with Crippen LogP contribution in [0.4, 0.5) is 8.78 Å². The number of hydrogen-bond donors (Lipinski definition) is 1. The molecule has 96 valence electrons. The molecule has 0 saturated heterocycles. The second-order valence-corrected chi connectivity index (χ2v) is 4.87. The Morgan fingerprint density at radius 1 is 1.17 bits per heavy atom. The van der Waals surface area contributed by atoms with Crippen LogP contribution >= 0.6 is 11.3 Å². The molecular formula is C13H12F2O2S. The topological polar surface area (TPSA) is 29.5 Å². The number of alkyl halides is 2. The minimum absolute atomic E-state index is 0.00519. The number of aliphatic hydroxyl groups excluding tert-OH is 1. The average molecular weight is 270 g/mol. The highest BCUT2D eigenvalue weighted by molar-refractivity contribution is 7.10. The molecule has 0 aliphatic rings. The predicted octanol–water partition coefficient (Wildman–Crippen LogP) is 3.74. The minimum Gasteiger partial charge on any atom is -0.434 e. The number of para-hydroxylation sites is 1. The van der Waals surface area contributed by atoms with Crippen LogP contribution in [0.25, 0.3) is 0 Å². The number of ether oxygens (including phenoxy) is 1. The van der Waals surface area contributed by atoms with E-state index in [4.69, 9.17) is 0 Å². The number of aliphatic hydroxyl groups is 1. The first-order valence-corrected chi connectivity index (χ1v) is 6.23. The van der Waals surface area contributed by atoms with Gasteiger partial charge in [0.2, 0.25) is 0 Å². The zero-order valence-corrected chi connectivity index (χ0v) is 10.5. The number of halogens is 2. The van der Waals surface area contributed by atoms with Crippen LogP contribution in [0.5, 0.6) is 5.75 Å².